The molecule has 1 N–H and O–H groups in total. The van der Waals surface area contributed by atoms with Gasteiger partial charge < -0.3 is 14.8 Å². The Kier molecular flexibility index (Phi) is 5.80. The molecule has 138 valence electrons. The second-order valence-corrected chi connectivity index (χ2v) is 6.25. The normalized spacial score (nSPS) is 17.7. The summed E-state index contributed by atoms with van der Waals surface area (Å²) in [5.74, 6) is -0.0414. The Hall–Kier alpha value is -2.51. The number of benzene rings is 1. The molecule has 1 saturated heterocycles. The van der Waals surface area contributed by atoms with Gasteiger partial charge in [0.2, 0.25) is 11.8 Å². The van der Waals surface area contributed by atoms with Crippen LogP contribution in [0.2, 0.25) is 0 Å². The van der Waals surface area contributed by atoms with Gasteiger partial charge in [-0.05, 0) is 30.2 Å². The van der Waals surface area contributed by atoms with E-state index in [4.69, 9.17) is 9.47 Å². The number of halogens is 1. The lowest BCUT2D eigenvalue weighted by Crippen LogP contribution is -2.48. The van der Waals surface area contributed by atoms with Gasteiger partial charge in [0, 0.05) is 38.9 Å². The average molecular weight is 359 g/mol. The number of carbonyl (C=O) groups is 1. The Balaban J connectivity index is 1.60. The number of aromatic nitrogens is 1. The van der Waals surface area contributed by atoms with Crippen molar-refractivity contribution >= 4 is 5.91 Å². The highest BCUT2D eigenvalue weighted by atomic mass is 19.1. The maximum Gasteiger partial charge on any atom is 0.250 e. The van der Waals surface area contributed by atoms with E-state index in [2.05, 4.69) is 15.2 Å². The van der Waals surface area contributed by atoms with Crippen LogP contribution < -0.4 is 10.1 Å². The van der Waals surface area contributed by atoms with Crippen molar-refractivity contribution in [2.24, 2.45) is 0 Å². The van der Waals surface area contributed by atoms with E-state index in [1.54, 1.807) is 31.4 Å². The molecule has 1 aromatic heterocycles. The molecule has 2 heterocycles. The molecule has 1 aliphatic rings. The van der Waals surface area contributed by atoms with Gasteiger partial charge in [-0.25, -0.2) is 9.37 Å². The molecule has 6 nitrogen and oxygen atoms in total. The van der Waals surface area contributed by atoms with Crippen LogP contribution in [0.15, 0.2) is 36.5 Å². The predicted molar refractivity (Wildman–Crippen MR) is 94.5 cm³/mol. The zero-order valence-electron chi connectivity index (χ0n) is 14.9. The molecule has 1 amide bonds. The zero-order valence-corrected chi connectivity index (χ0v) is 14.9. The minimum atomic E-state index is -0.450. The minimum absolute atomic E-state index is 0.114. The first-order chi connectivity index (χ1) is 12.5. The summed E-state index contributed by atoms with van der Waals surface area (Å²) in [6, 6.07) is 8.40. The Labute approximate surface area is 151 Å². The van der Waals surface area contributed by atoms with E-state index in [-0.39, 0.29) is 11.7 Å². The molecule has 3 rings (SSSR count). The number of hydrogen-bond donors (Lipinski definition) is 1. The molecule has 1 fully saturated rings. The molecule has 26 heavy (non-hydrogen) atoms. The topological polar surface area (TPSA) is 63.7 Å². The van der Waals surface area contributed by atoms with E-state index >= 15 is 0 Å². The molecule has 0 bridgehead atoms. The predicted octanol–water partition coefficient (Wildman–Crippen LogP) is 2.27. The highest BCUT2D eigenvalue weighted by Crippen LogP contribution is 2.24. The van der Waals surface area contributed by atoms with Crippen molar-refractivity contribution in [3.8, 4) is 11.6 Å². The first-order valence-corrected chi connectivity index (χ1v) is 8.49. The van der Waals surface area contributed by atoms with Gasteiger partial charge in [-0.15, -0.1) is 0 Å². The summed E-state index contributed by atoms with van der Waals surface area (Å²) in [5, 5.41) is 2.61. The zero-order chi connectivity index (χ0) is 18.5. The molecule has 1 aliphatic heterocycles. The first kappa shape index (κ1) is 18.3. The van der Waals surface area contributed by atoms with Crippen LogP contribution in [0.1, 0.15) is 11.1 Å². The molecule has 1 aromatic carbocycles. The number of amides is 1. The minimum Gasteiger partial charge on any atom is -0.436 e. The van der Waals surface area contributed by atoms with E-state index in [0.717, 1.165) is 17.7 Å². The van der Waals surface area contributed by atoms with E-state index in [1.807, 2.05) is 13.0 Å². The first-order valence-electron chi connectivity index (χ1n) is 8.49. The van der Waals surface area contributed by atoms with Gasteiger partial charge >= 0.3 is 0 Å². The third-order valence-corrected chi connectivity index (χ3v) is 4.20. The fourth-order valence-corrected chi connectivity index (χ4v) is 2.79. The van der Waals surface area contributed by atoms with Gasteiger partial charge in [-0.2, -0.15) is 0 Å². The Morgan fingerprint density at radius 3 is 2.96 bits per heavy atom. The lowest BCUT2D eigenvalue weighted by atomic mass is 10.2. The fraction of sp³-hybridized carbons (Fsp3) is 0.368. The van der Waals surface area contributed by atoms with Gasteiger partial charge in [-0.1, -0.05) is 12.1 Å². The summed E-state index contributed by atoms with van der Waals surface area (Å²) in [6.07, 6.45) is 1.25. The molecule has 0 unspecified atom stereocenters. The van der Waals surface area contributed by atoms with Crippen molar-refractivity contribution in [1.82, 2.24) is 15.2 Å². The van der Waals surface area contributed by atoms with E-state index in [9.17, 15) is 9.18 Å². The number of hydrogen-bond acceptors (Lipinski definition) is 5. The molecule has 0 radical (unpaired) electrons. The number of nitrogens with one attached hydrogen (secondary N) is 1. The van der Waals surface area contributed by atoms with Gasteiger partial charge in [0.25, 0.3) is 0 Å². The summed E-state index contributed by atoms with van der Waals surface area (Å²) in [4.78, 5) is 18.1. The van der Waals surface area contributed by atoms with Gasteiger partial charge in [-0.3, -0.25) is 9.69 Å². The number of aryl methyl sites for hydroxylation is 1. The molecule has 0 aliphatic carbocycles. The lowest BCUT2D eigenvalue weighted by molar-refractivity contribution is -0.138. The van der Waals surface area contributed by atoms with Crippen LogP contribution >= 0.6 is 0 Å². The van der Waals surface area contributed by atoms with Crippen molar-refractivity contribution in [2.75, 3.05) is 26.7 Å². The van der Waals surface area contributed by atoms with Crippen molar-refractivity contribution < 1.29 is 18.7 Å². The van der Waals surface area contributed by atoms with Crippen LogP contribution in [0.5, 0.6) is 11.6 Å². The smallest absolute Gasteiger partial charge is 0.250 e. The Morgan fingerprint density at radius 1 is 1.42 bits per heavy atom. The fourth-order valence-electron chi connectivity index (χ4n) is 2.79. The molecule has 1 atom stereocenters. The second-order valence-electron chi connectivity index (χ2n) is 6.25. The van der Waals surface area contributed by atoms with E-state index in [1.165, 1.54) is 6.07 Å². The van der Waals surface area contributed by atoms with E-state index in [0.29, 0.717) is 25.6 Å². The maximum absolute atomic E-state index is 13.9. The van der Waals surface area contributed by atoms with E-state index < -0.39 is 11.9 Å². The molecular weight excluding hydrogens is 337 g/mol. The standard InChI is InChI=1S/C19H22FN3O3/c1-13-3-5-16(15(20)9-13)26-18-6-4-14(10-22-18)11-23-7-8-25-17(12-23)19(24)21-2/h3-6,9-10,17H,7-8,11-12H2,1-2H3,(H,21,24)/t17-/m0/s1. The SMILES string of the molecule is CNC(=O)[C@@H]1CN(Cc2ccc(Oc3ccc(C)cc3F)nc2)CCO1. The molecular formula is C19H22FN3O3. The number of ether oxygens (including phenoxy) is 2. The average Bonchev–Trinajstić information content (AvgIpc) is 2.65. The molecule has 7 heteroatoms. The van der Waals surface area contributed by atoms with Crippen molar-refractivity contribution in [3.63, 3.8) is 0 Å². The Morgan fingerprint density at radius 2 is 2.27 bits per heavy atom. The summed E-state index contributed by atoms with van der Waals surface area (Å²) in [5.41, 5.74) is 1.82. The molecule has 0 saturated carbocycles. The number of likely N-dealkylation sites (N-methyl/N-ethyl adjacent to an activating group) is 1. The number of rotatable bonds is 5. The third-order valence-electron chi connectivity index (χ3n) is 4.20. The maximum atomic E-state index is 13.9. The van der Waals surface area contributed by atoms with Crippen molar-refractivity contribution in [1.29, 1.82) is 0 Å². The highest BCUT2D eigenvalue weighted by Gasteiger charge is 2.25. The quantitative estimate of drug-likeness (QED) is 0.887. The number of morpholine rings is 1. The van der Waals surface area contributed by atoms with Crippen LogP contribution in [0.3, 0.4) is 0 Å². The number of carbonyl (C=O) groups excluding carboxylic acids is 1. The second kappa shape index (κ2) is 8.25. The summed E-state index contributed by atoms with van der Waals surface area (Å²) >= 11 is 0. The lowest BCUT2D eigenvalue weighted by Gasteiger charge is -2.31. The monoisotopic (exact) mass is 359 g/mol. The van der Waals surface area contributed by atoms with Gasteiger partial charge in [0.15, 0.2) is 11.6 Å². The van der Waals surface area contributed by atoms with Gasteiger partial charge in [0.1, 0.15) is 6.10 Å². The highest BCUT2D eigenvalue weighted by molar-refractivity contribution is 5.80. The Bertz CT molecular complexity index is 767. The largest absolute Gasteiger partial charge is 0.436 e. The summed E-state index contributed by atoms with van der Waals surface area (Å²) in [6.45, 7) is 4.27. The molecule has 2 aromatic rings. The van der Waals surface area contributed by atoms with Crippen molar-refractivity contribution in [2.45, 2.75) is 19.6 Å². The van der Waals surface area contributed by atoms with Crippen LogP contribution in [0.25, 0.3) is 0 Å². The third kappa shape index (κ3) is 4.56. The van der Waals surface area contributed by atoms with Crippen LogP contribution in [-0.4, -0.2) is 48.6 Å². The summed E-state index contributed by atoms with van der Waals surface area (Å²) < 4.78 is 24.8. The van der Waals surface area contributed by atoms with Crippen LogP contribution in [0, 0.1) is 12.7 Å². The van der Waals surface area contributed by atoms with Gasteiger partial charge in [0.05, 0.1) is 6.61 Å². The van der Waals surface area contributed by atoms with Crippen LogP contribution in [-0.2, 0) is 16.1 Å². The number of nitrogens with zero attached hydrogens (tertiary/aromatic N) is 2. The van der Waals surface area contributed by atoms with Crippen LogP contribution in [0.4, 0.5) is 4.39 Å². The number of pyridine rings is 1. The summed E-state index contributed by atoms with van der Waals surface area (Å²) in [7, 11) is 1.60. The van der Waals surface area contributed by atoms with Crippen molar-refractivity contribution in [3.05, 3.63) is 53.5 Å². The molecule has 0 spiro atoms.